The molecular weight excluding hydrogens is 280 g/mol. The fourth-order valence-electron chi connectivity index (χ4n) is 3.86. The fourth-order valence-corrected chi connectivity index (χ4v) is 3.86. The molecule has 3 rings (SSSR count). The molecule has 2 fully saturated rings. The van der Waals surface area contributed by atoms with Crippen LogP contribution in [-0.4, -0.2) is 68.9 Å². The average molecular weight is 306 g/mol. The number of aliphatic hydroxyl groups excluding tert-OH is 1. The highest BCUT2D eigenvalue weighted by Crippen LogP contribution is 2.29. The molecule has 6 heteroatoms. The average Bonchev–Trinajstić information content (AvgIpc) is 3.20. The molecule has 1 saturated carbocycles. The van der Waals surface area contributed by atoms with Gasteiger partial charge < -0.3 is 10.0 Å². The molecule has 1 saturated heterocycles. The molecule has 1 aromatic rings. The maximum Gasteiger partial charge on any atom is 0.244 e. The minimum atomic E-state index is -0.446. The van der Waals surface area contributed by atoms with E-state index in [1.807, 2.05) is 13.1 Å². The first-order chi connectivity index (χ1) is 10.7. The second kappa shape index (κ2) is 6.79. The molecule has 2 heterocycles. The molecule has 3 atom stereocenters. The van der Waals surface area contributed by atoms with Crippen molar-refractivity contribution >= 4 is 5.91 Å². The van der Waals surface area contributed by atoms with Crippen LogP contribution in [0.1, 0.15) is 32.1 Å². The third-order valence-electron chi connectivity index (χ3n) is 5.15. The highest BCUT2D eigenvalue weighted by atomic mass is 16.3. The standard InChI is InChI=1S/C16H26N4O2/c1-18(15(21)12-20-11-5-8-17-20)13-6-4-7-14(16(13)22)19-9-2-3-10-19/h5,8,11,13-14,16,22H,2-4,6-7,9-10,12H2,1H3/t13-,14-,16-/m1/s1. The first-order valence-corrected chi connectivity index (χ1v) is 8.32. The maximum atomic E-state index is 12.4. The summed E-state index contributed by atoms with van der Waals surface area (Å²) in [6, 6.07) is 1.94. The van der Waals surface area contributed by atoms with Gasteiger partial charge in [-0.2, -0.15) is 5.10 Å². The summed E-state index contributed by atoms with van der Waals surface area (Å²) >= 11 is 0. The van der Waals surface area contributed by atoms with Crippen LogP contribution in [0.25, 0.3) is 0 Å². The van der Waals surface area contributed by atoms with Gasteiger partial charge >= 0.3 is 0 Å². The van der Waals surface area contributed by atoms with Crippen molar-refractivity contribution in [3.8, 4) is 0 Å². The summed E-state index contributed by atoms with van der Waals surface area (Å²) in [5.41, 5.74) is 0. The van der Waals surface area contributed by atoms with Crippen molar-refractivity contribution < 1.29 is 9.90 Å². The predicted octanol–water partition coefficient (Wildman–Crippen LogP) is 0.719. The number of nitrogens with zero attached hydrogens (tertiary/aromatic N) is 4. The number of hydrogen-bond acceptors (Lipinski definition) is 4. The Morgan fingerprint density at radius 3 is 2.77 bits per heavy atom. The Kier molecular flexibility index (Phi) is 4.78. The molecule has 1 aromatic heterocycles. The largest absolute Gasteiger partial charge is 0.389 e. The van der Waals surface area contributed by atoms with E-state index in [0.717, 1.165) is 32.4 Å². The van der Waals surface area contributed by atoms with Gasteiger partial charge in [-0.25, -0.2) is 0 Å². The Balaban J connectivity index is 1.63. The predicted molar refractivity (Wildman–Crippen MR) is 83.2 cm³/mol. The normalized spacial score (nSPS) is 29.6. The zero-order chi connectivity index (χ0) is 15.5. The highest BCUT2D eigenvalue weighted by molar-refractivity contribution is 5.76. The number of likely N-dealkylation sites (tertiary alicyclic amines) is 1. The summed E-state index contributed by atoms with van der Waals surface area (Å²) in [7, 11) is 1.81. The summed E-state index contributed by atoms with van der Waals surface area (Å²) in [6.07, 6.45) is 8.46. The number of carbonyl (C=O) groups is 1. The van der Waals surface area contributed by atoms with Crippen LogP contribution in [-0.2, 0) is 11.3 Å². The van der Waals surface area contributed by atoms with Crippen molar-refractivity contribution in [3.05, 3.63) is 18.5 Å². The topological polar surface area (TPSA) is 61.6 Å². The van der Waals surface area contributed by atoms with Gasteiger partial charge in [-0.15, -0.1) is 0 Å². The van der Waals surface area contributed by atoms with Gasteiger partial charge in [-0.05, 0) is 51.3 Å². The molecule has 22 heavy (non-hydrogen) atoms. The number of rotatable bonds is 4. The molecule has 1 amide bonds. The zero-order valence-corrected chi connectivity index (χ0v) is 13.3. The molecule has 1 N–H and O–H groups in total. The minimum Gasteiger partial charge on any atom is -0.389 e. The lowest BCUT2D eigenvalue weighted by Crippen LogP contribution is -2.56. The summed E-state index contributed by atoms with van der Waals surface area (Å²) in [5.74, 6) is 0.00909. The number of hydrogen-bond donors (Lipinski definition) is 1. The SMILES string of the molecule is CN(C(=O)Cn1cccn1)[C@@H]1CCC[C@@H](N2CCCC2)[C@@H]1O. The fraction of sp³-hybridized carbons (Fsp3) is 0.750. The lowest BCUT2D eigenvalue weighted by Gasteiger charge is -2.43. The molecule has 6 nitrogen and oxygen atoms in total. The van der Waals surface area contributed by atoms with E-state index in [4.69, 9.17) is 0 Å². The third kappa shape index (κ3) is 3.17. The Hall–Kier alpha value is -1.40. The summed E-state index contributed by atoms with van der Waals surface area (Å²) in [6.45, 7) is 2.40. The van der Waals surface area contributed by atoms with E-state index >= 15 is 0 Å². The summed E-state index contributed by atoms with van der Waals surface area (Å²) in [5, 5.41) is 14.9. The van der Waals surface area contributed by atoms with Gasteiger partial charge in [0.25, 0.3) is 0 Å². The van der Waals surface area contributed by atoms with Gasteiger partial charge in [-0.3, -0.25) is 14.4 Å². The molecule has 0 bridgehead atoms. The number of aliphatic hydroxyl groups is 1. The lowest BCUT2D eigenvalue weighted by molar-refractivity contribution is -0.138. The zero-order valence-electron chi connectivity index (χ0n) is 13.3. The van der Waals surface area contributed by atoms with Gasteiger partial charge in [0.05, 0.1) is 12.1 Å². The molecule has 1 aliphatic heterocycles. The molecule has 122 valence electrons. The summed E-state index contributed by atoms with van der Waals surface area (Å²) in [4.78, 5) is 16.6. The van der Waals surface area contributed by atoms with Crippen LogP contribution in [0.5, 0.6) is 0 Å². The highest BCUT2D eigenvalue weighted by Gasteiger charge is 2.39. The van der Waals surface area contributed by atoms with Gasteiger partial charge in [0.15, 0.2) is 0 Å². The van der Waals surface area contributed by atoms with Crippen molar-refractivity contribution in [1.29, 1.82) is 0 Å². The molecule has 0 aromatic carbocycles. The number of likely N-dealkylation sites (N-methyl/N-ethyl adjacent to an activating group) is 1. The van der Waals surface area contributed by atoms with E-state index in [1.54, 1.807) is 22.0 Å². The van der Waals surface area contributed by atoms with Crippen molar-refractivity contribution in [2.75, 3.05) is 20.1 Å². The van der Waals surface area contributed by atoms with E-state index in [1.165, 1.54) is 12.8 Å². The first kappa shape index (κ1) is 15.5. The smallest absolute Gasteiger partial charge is 0.244 e. The van der Waals surface area contributed by atoms with Crippen molar-refractivity contribution in [2.45, 2.75) is 56.8 Å². The van der Waals surface area contributed by atoms with E-state index in [9.17, 15) is 9.90 Å². The third-order valence-corrected chi connectivity index (χ3v) is 5.15. The van der Waals surface area contributed by atoms with Gasteiger partial charge in [-0.1, -0.05) is 0 Å². The van der Waals surface area contributed by atoms with Crippen LogP contribution < -0.4 is 0 Å². The molecule has 2 aliphatic rings. The van der Waals surface area contributed by atoms with Crippen LogP contribution in [0, 0.1) is 0 Å². The number of carbonyl (C=O) groups excluding carboxylic acids is 1. The first-order valence-electron chi connectivity index (χ1n) is 8.32. The summed E-state index contributed by atoms with van der Waals surface area (Å²) < 4.78 is 1.63. The van der Waals surface area contributed by atoms with E-state index in [-0.39, 0.29) is 24.5 Å². The van der Waals surface area contributed by atoms with E-state index in [2.05, 4.69) is 10.00 Å². The molecule has 0 radical (unpaired) electrons. The van der Waals surface area contributed by atoms with Crippen LogP contribution in [0.2, 0.25) is 0 Å². The lowest BCUT2D eigenvalue weighted by atomic mass is 9.86. The number of aromatic nitrogens is 2. The second-order valence-electron chi connectivity index (χ2n) is 6.51. The Morgan fingerprint density at radius 2 is 2.09 bits per heavy atom. The minimum absolute atomic E-state index is 0.00909. The van der Waals surface area contributed by atoms with Crippen molar-refractivity contribution in [2.24, 2.45) is 0 Å². The molecule has 1 aliphatic carbocycles. The monoisotopic (exact) mass is 306 g/mol. The van der Waals surface area contributed by atoms with Crippen LogP contribution in [0.15, 0.2) is 18.5 Å². The van der Waals surface area contributed by atoms with Crippen molar-refractivity contribution in [1.82, 2.24) is 19.6 Å². The Bertz CT molecular complexity index is 484. The van der Waals surface area contributed by atoms with Gasteiger partial charge in [0, 0.05) is 25.5 Å². The van der Waals surface area contributed by atoms with E-state index < -0.39 is 6.10 Å². The molecule has 0 spiro atoms. The van der Waals surface area contributed by atoms with E-state index in [0.29, 0.717) is 0 Å². The van der Waals surface area contributed by atoms with Crippen LogP contribution in [0.4, 0.5) is 0 Å². The molecule has 0 unspecified atom stereocenters. The van der Waals surface area contributed by atoms with Gasteiger partial charge in [0.1, 0.15) is 6.54 Å². The quantitative estimate of drug-likeness (QED) is 0.890. The number of amides is 1. The van der Waals surface area contributed by atoms with Gasteiger partial charge in [0.2, 0.25) is 5.91 Å². The van der Waals surface area contributed by atoms with Crippen LogP contribution in [0.3, 0.4) is 0 Å². The van der Waals surface area contributed by atoms with Crippen molar-refractivity contribution in [3.63, 3.8) is 0 Å². The Morgan fingerprint density at radius 1 is 1.32 bits per heavy atom. The maximum absolute atomic E-state index is 12.4. The molecular formula is C16H26N4O2. The van der Waals surface area contributed by atoms with Crippen LogP contribution >= 0.6 is 0 Å². The Labute approximate surface area is 131 Å². The second-order valence-corrected chi connectivity index (χ2v) is 6.51.